The Morgan fingerprint density at radius 3 is 2.88 bits per heavy atom. The van der Waals surface area contributed by atoms with E-state index in [4.69, 9.17) is 0 Å². The van der Waals surface area contributed by atoms with Crippen LogP contribution in [0.3, 0.4) is 0 Å². The van der Waals surface area contributed by atoms with Gasteiger partial charge >= 0.3 is 0 Å². The fraction of sp³-hybridized carbons (Fsp3) is 0.143. The van der Waals surface area contributed by atoms with Gasteiger partial charge in [-0.1, -0.05) is 42.5 Å². The lowest BCUT2D eigenvalue weighted by molar-refractivity contribution is 0.145. The lowest BCUT2D eigenvalue weighted by atomic mass is 10.0. The van der Waals surface area contributed by atoms with E-state index >= 15 is 0 Å². The van der Waals surface area contributed by atoms with Gasteiger partial charge in [-0.3, -0.25) is 4.98 Å². The van der Waals surface area contributed by atoms with Crippen LogP contribution in [0.15, 0.2) is 73.3 Å². The Morgan fingerprint density at radius 1 is 1.00 bits per heavy atom. The number of pyridine rings is 1. The van der Waals surface area contributed by atoms with Gasteiger partial charge in [-0.2, -0.15) is 0 Å². The fourth-order valence-corrected chi connectivity index (χ4v) is 3.95. The number of aromatic nitrogens is 3. The largest absolute Gasteiger partial charge is 0.390 e. The minimum Gasteiger partial charge on any atom is -0.390 e. The summed E-state index contributed by atoms with van der Waals surface area (Å²) in [6, 6.07) is 16.3. The molecule has 2 aromatic carbocycles. The van der Waals surface area contributed by atoms with Crippen molar-refractivity contribution >= 4 is 10.8 Å². The predicted octanol–water partition coefficient (Wildman–Crippen LogP) is 3.60. The van der Waals surface area contributed by atoms with E-state index < -0.39 is 6.10 Å². The Bertz CT molecular complexity index is 1060. The van der Waals surface area contributed by atoms with Crippen LogP contribution in [0.4, 0.5) is 0 Å². The molecule has 1 aliphatic rings. The number of hydrogen-bond donors (Lipinski definition) is 1. The summed E-state index contributed by atoms with van der Waals surface area (Å²) >= 11 is 0. The summed E-state index contributed by atoms with van der Waals surface area (Å²) in [6.07, 6.45) is 7.68. The van der Waals surface area contributed by atoms with E-state index in [9.17, 15) is 5.11 Å². The Morgan fingerprint density at radius 2 is 1.92 bits per heavy atom. The second-order valence-corrected chi connectivity index (χ2v) is 6.48. The SMILES string of the molecule is O[C@@H]1Cc2ccccc2[C@@H]1n1ccnc1-c1cccc2cnccc12. The molecule has 0 aliphatic heterocycles. The van der Waals surface area contributed by atoms with Crippen LogP contribution in [-0.2, 0) is 6.42 Å². The molecule has 2 heterocycles. The van der Waals surface area contributed by atoms with E-state index in [0.717, 1.165) is 22.2 Å². The predicted molar refractivity (Wildman–Crippen MR) is 97.3 cm³/mol. The third-order valence-electron chi connectivity index (χ3n) is 5.06. The topological polar surface area (TPSA) is 50.9 Å². The molecule has 0 amide bonds. The molecule has 4 aromatic rings. The third-order valence-corrected chi connectivity index (χ3v) is 5.06. The van der Waals surface area contributed by atoms with Gasteiger partial charge in [0.2, 0.25) is 0 Å². The Balaban J connectivity index is 1.71. The molecular weight excluding hydrogens is 310 g/mol. The number of rotatable bonds is 2. The van der Waals surface area contributed by atoms with Crippen LogP contribution in [0.2, 0.25) is 0 Å². The number of fused-ring (bicyclic) bond motifs is 2. The van der Waals surface area contributed by atoms with Gasteiger partial charge in [0.25, 0.3) is 0 Å². The molecule has 122 valence electrons. The van der Waals surface area contributed by atoms with E-state index in [0.29, 0.717) is 6.42 Å². The van der Waals surface area contributed by atoms with Crippen molar-refractivity contribution in [1.29, 1.82) is 0 Å². The first-order valence-electron chi connectivity index (χ1n) is 8.45. The maximum absolute atomic E-state index is 10.7. The van der Waals surface area contributed by atoms with Crippen molar-refractivity contribution in [2.75, 3.05) is 0 Å². The van der Waals surface area contributed by atoms with Crippen LogP contribution in [0.1, 0.15) is 17.2 Å². The second-order valence-electron chi connectivity index (χ2n) is 6.48. The quantitative estimate of drug-likeness (QED) is 0.612. The smallest absolute Gasteiger partial charge is 0.141 e. The van der Waals surface area contributed by atoms with Crippen molar-refractivity contribution in [3.05, 3.63) is 84.4 Å². The molecule has 25 heavy (non-hydrogen) atoms. The highest BCUT2D eigenvalue weighted by molar-refractivity contribution is 5.94. The van der Waals surface area contributed by atoms with Gasteiger partial charge < -0.3 is 9.67 Å². The zero-order valence-electron chi connectivity index (χ0n) is 13.6. The highest BCUT2D eigenvalue weighted by Crippen LogP contribution is 2.38. The maximum atomic E-state index is 10.7. The molecule has 0 fully saturated rings. The van der Waals surface area contributed by atoms with Gasteiger partial charge in [0.05, 0.1) is 12.1 Å². The first-order valence-corrected chi connectivity index (χ1v) is 8.45. The molecule has 0 spiro atoms. The molecule has 1 aliphatic carbocycles. The number of aliphatic hydroxyl groups is 1. The van der Waals surface area contributed by atoms with Crippen LogP contribution in [0, 0.1) is 0 Å². The molecular formula is C21H17N3O. The normalized spacial score (nSPS) is 19.2. The number of hydrogen-bond acceptors (Lipinski definition) is 3. The van der Waals surface area contributed by atoms with E-state index in [1.807, 2.05) is 42.9 Å². The van der Waals surface area contributed by atoms with Gasteiger partial charge in [0, 0.05) is 42.2 Å². The van der Waals surface area contributed by atoms with Crippen molar-refractivity contribution in [3.8, 4) is 11.4 Å². The van der Waals surface area contributed by atoms with Crippen molar-refractivity contribution in [1.82, 2.24) is 14.5 Å². The zero-order valence-corrected chi connectivity index (χ0v) is 13.6. The van der Waals surface area contributed by atoms with E-state index in [1.54, 1.807) is 6.20 Å². The first-order chi connectivity index (χ1) is 12.3. The average Bonchev–Trinajstić information content (AvgIpc) is 3.24. The Kier molecular flexibility index (Phi) is 3.18. The van der Waals surface area contributed by atoms with Crippen LogP contribution in [-0.4, -0.2) is 25.7 Å². The van der Waals surface area contributed by atoms with Crippen molar-refractivity contribution < 1.29 is 5.11 Å². The van der Waals surface area contributed by atoms with Gasteiger partial charge in [0.1, 0.15) is 5.82 Å². The Labute approximate surface area is 145 Å². The minimum atomic E-state index is -0.443. The van der Waals surface area contributed by atoms with E-state index in [1.165, 1.54) is 11.1 Å². The van der Waals surface area contributed by atoms with Crippen molar-refractivity contribution in [2.24, 2.45) is 0 Å². The maximum Gasteiger partial charge on any atom is 0.141 e. The third kappa shape index (κ3) is 2.18. The lowest BCUT2D eigenvalue weighted by Crippen LogP contribution is -2.21. The van der Waals surface area contributed by atoms with E-state index in [-0.39, 0.29) is 6.04 Å². The zero-order chi connectivity index (χ0) is 16.8. The summed E-state index contributed by atoms with van der Waals surface area (Å²) in [7, 11) is 0. The molecule has 5 rings (SSSR count). The summed E-state index contributed by atoms with van der Waals surface area (Å²) < 4.78 is 2.10. The molecule has 4 nitrogen and oxygen atoms in total. The highest BCUT2D eigenvalue weighted by atomic mass is 16.3. The molecule has 0 unspecified atom stereocenters. The number of benzene rings is 2. The van der Waals surface area contributed by atoms with Crippen molar-refractivity contribution in [3.63, 3.8) is 0 Å². The summed E-state index contributed by atoms with van der Waals surface area (Å²) in [5, 5.41) is 12.9. The molecule has 0 radical (unpaired) electrons. The van der Waals surface area contributed by atoms with Gasteiger partial charge in [-0.15, -0.1) is 0 Å². The molecule has 2 aromatic heterocycles. The monoisotopic (exact) mass is 327 g/mol. The molecule has 0 saturated carbocycles. The lowest BCUT2D eigenvalue weighted by Gasteiger charge is -2.21. The summed E-state index contributed by atoms with van der Waals surface area (Å²) in [6.45, 7) is 0. The number of imidazole rings is 1. The van der Waals surface area contributed by atoms with Crippen LogP contribution in [0.5, 0.6) is 0 Å². The van der Waals surface area contributed by atoms with Crippen LogP contribution in [0.25, 0.3) is 22.2 Å². The standard InChI is InChI=1S/C21H17N3O/c25-19-12-14-4-1-2-6-17(14)20(19)24-11-10-23-21(24)18-7-3-5-15-13-22-9-8-16(15)18/h1-11,13,19-20,25H,12H2/t19-,20+/m1/s1. The molecule has 0 saturated heterocycles. The first kappa shape index (κ1) is 14.4. The summed E-state index contributed by atoms with van der Waals surface area (Å²) in [4.78, 5) is 8.83. The fourth-order valence-electron chi connectivity index (χ4n) is 3.95. The van der Waals surface area contributed by atoms with Gasteiger partial charge in [0.15, 0.2) is 0 Å². The summed E-state index contributed by atoms with van der Waals surface area (Å²) in [5.74, 6) is 0.873. The van der Waals surface area contributed by atoms with Crippen LogP contribution >= 0.6 is 0 Å². The van der Waals surface area contributed by atoms with Crippen LogP contribution < -0.4 is 0 Å². The Hall–Kier alpha value is -2.98. The number of aliphatic hydroxyl groups excluding tert-OH is 1. The molecule has 1 N–H and O–H groups in total. The van der Waals surface area contributed by atoms with Gasteiger partial charge in [-0.05, 0) is 22.6 Å². The average molecular weight is 327 g/mol. The number of nitrogens with zero attached hydrogens (tertiary/aromatic N) is 3. The summed E-state index contributed by atoms with van der Waals surface area (Å²) in [5.41, 5.74) is 3.44. The molecule has 4 heteroatoms. The molecule has 2 atom stereocenters. The second kappa shape index (κ2) is 5.53. The van der Waals surface area contributed by atoms with Gasteiger partial charge in [-0.25, -0.2) is 4.98 Å². The van der Waals surface area contributed by atoms with E-state index in [2.05, 4.69) is 38.8 Å². The molecule has 0 bridgehead atoms. The minimum absolute atomic E-state index is 0.106. The highest BCUT2D eigenvalue weighted by Gasteiger charge is 2.33. The van der Waals surface area contributed by atoms with Crippen molar-refractivity contribution in [2.45, 2.75) is 18.6 Å².